The largest absolute Gasteiger partial charge is 0.384 e. The van der Waals surface area contributed by atoms with Crippen LogP contribution < -0.4 is 16.8 Å². The molecule has 1 aliphatic carbocycles. The van der Waals surface area contributed by atoms with Crippen LogP contribution in [0.1, 0.15) is 50.2 Å². The molecule has 0 atom stereocenters. The number of nitrogen functional groups attached to an aromatic ring is 1. The zero-order chi connectivity index (χ0) is 22.7. The third-order valence-corrected chi connectivity index (χ3v) is 5.76. The minimum atomic E-state index is -0.575. The predicted octanol–water partition coefficient (Wildman–Crippen LogP) is 3.47. The summed E-state index contributed by atoms with van der Waals surface area (Å²) in [6.45, 7) is 0.632. The van der Waals surface area contributed by atoms with Gasteiger partial charge in [-0.05, 0) is 59.6 Å². The van der Waals surface area contributed by atoms with Crippen LogP contribution in [-0.4, -0.2) is 24.2 Å². The molecule has 1 fully saturated rings. The Balaban J connectivity index is 1.78. The van der Waals surface area contributed by atoms with E-state index in [-0.39, 0.29) is 11.7 Å². The molecule has 1 saturated carbocycles. The lowest BCUT2D eigenvalue weighted by molar-refractivity contribution is 0.0951. The molecular weight excluding hydrogens is 400 g/mol. The SMILES string of the molecule is N=C(N)c1ccc(Cc2c(C(N)=O)cc(-c3ccccc3)cc2C(=O)NCC2CC2)cc1. The summed E-state index contributed by atoms with van der Waals surface area (Å²) in [5.74, 6) is -0.252. The molecule has 0 aromatic heterocycles. The van der Waals surface area contributed by atoms with E-state index in [0.29, 0.717) is 41.1 Å². The lowest BCUT2D eigenvalue weighted by Gasteiger charge is -2.16. The Morgan fingerprint density at radius 2 is 1.56 bits per heavy atom. The third kappa shape index (κ3) is 4.86. The highest BCUT2D eigenvalue weighted by molar-refractivity contribution is 6.03. The van der Waals surface area contributed by atoms with Gasteiger partial charge in [-0.25, -0.2) is 0 Å². The lowest BCUT2D eigenvalue weighted by Crippen LogP contribution is -2.28. The zero-order valence-corrected chi connectivity index (χ0v) is 17.7. The van der Waals surface area contributed by atoms with Crippen LogP contribution in [0.25, 0.3) is 11.1 Å². The Morgan fingerprint density at radius 1 is 0.906 bits per heavy atom. The first-order valence-electron chi connectivity index (χ1n) is 10.7. The molecule has 1 aliphatic rings. The van der Waals surface area contributed by atoms with Gasteiger partial charge in [-0.3, -0.25) is 15.0 Å². The first-order chi connectivity index (χ1) is 15.4. The maximum Gasteiger partial charge on any atom is 0.251 e. The number of hydrogen-bond donors (Lipinski definition) is 4. The normalized spacial score (nSPS) is 12.9. The number of primary amides is 1. The van der Waals surface area contributed by atoms with Crippen LogP contribution in [0, 0.1) is 11.3 Å². The van der Waals surface area contributed by atoms with Gasteiger partial charge in [-0.2, -0.15) is 0 Å². The number of rotatable bonds is 8. The smallest absolute Gasteiger partial charge is 0.251 e. The monoisotopic (exact) mass is 426 g/mol. The van der Waals surface area contributed by atoms with Gasteiger partial charge in [-0.1, -0.05) is 54.6 Å². The van der Waals surface area contributed by atoms with Gasteiger partial charge in [0.2, 0.25) is 5.91 Å². The molecule has 4 rings (SSSR count). The minimum absolute atomic E-state index is 0.0123. The Bertz CT molecular complexity index is 1170. The van der Waals surface area contributed by atoms with Crippen LogP contribution >= 0.6 is 0 Å². The summed E-state index contributed by atoms with van der Waals surface area (Å²) in [5.41, 5.74) is 15.9. The van der Waals surface area contributed by atoms with Crippen molar-refractivity contribution in [2.24, 2.45) is 17.4 Å². The number of nitrogens with two attached hydrogens (primary N) is 2. The fourth-order valence-electron chi connectivity index (χ4n) is 3.74. The van der Waals surface area contributed by atoms with Gasteiger partial charge in [-0.15, -0.1) is 0 Å². The number of amides is 2. The van der Waals surface area contributed by atoms with Gasteiger partial charge >= 0.3 is 0 Å². The van der Waals surface area contributed by atoms with Gasteiger partial charge in [0.25, 0.3) is 5.91 Å². The van der Waals surface area contributed by atoms with E-state index < -0.39 is 5.91 Å². The van der Waals surface area contributed by atoms with Crippen molar-refractivity contribution in [2.45, 2.75) is 19.3 Å². The average Bonchev–Trinajstić information content (AvgIpc) is 3.63. The van der Waals surface area contributed by atoms with Crippen molar-refractivity contribution in [1.82, 2.24) is 5.32 Å². The molecule has 162 valence electrons. The number of benzene rings is 3. The second-order valence-electron chi connectivity index (χ2n) is 8.22. The van der Waals surface area contributed by atoms with Crippen molar-refractivity contribution in [3.05, 3.63) is 94.5 Å². The molecule has 3 aromatic rings. The van der Waals surface area contributed by atoms with Crippen molar-refractivity contribution >= 4 is 17.6 Å². The zero-order valence-electron chi connectivity index (χ0n) is 17.7. The number of carbonyl (C=O) groups is 2. The van der Waals surface area contributed by atoms with Crippen LogP contribution in [0.15, 0.2) is 66.7 Å². The van der Waals surface area contributed by atoms with E-state index >= 15 is 0 Å². The molecule has 0 unspecified atom stereocenters. The first-order valence-corrected chi connectivity index (χ1v) is 10.7. The van der Waals surface area contributed by atoms with Crippen LogP contribution in [0.5, 0.6) is 0 Å². The number of nitrogens with one attached hydrogen (secondary N) is 2. The molecule has 0 spiro atoms. The Hall–Kier alpha value is -3.93. The highest BCUT2D eigenvalue weighted by Gasteiger charge is 2.24. The molecule has 0 saturated heterocycles. The molecule has 32 heavy (non-hydrogen) atoms. The van der Waals surface area contributed by atoms with Crippen molar-refractivity contribution in [3.8, 4) is 11.1 Å². The summed E-state index contributed by atoms with van der Waals surface area (Å²) >= 11 is 0. The number of hydrogen-bond acceptors (Lipinski definition) is 3. The second-order valence-corrected chi connectivity index (χ2v) is 8.22. The third-order valence-electron chi connectivity index (χ3n) is 5.76. The Labute approximate surface area is 187 Å². The molecule has 0 radical (unpaired) electrons. The fraction of sp³-hybridized carbons (Fsp3) is 0.192. The second kappa shape index (κ2) is 9.06. The molecule has 6 N–H and O–H groups in total. The predicted molar refractivity (Wildman–Crippen MR) is 126 cm³/mol. The Morgan fingerprint density at radius 3 is 2.16 bits per heavy atom. The average molecular weight is 427 g/mol. The van der Waals surface area contributed by atoms with E-state index in [4.69, 9.17) is 16.9 Å². The quantitative estimate of drug-likeness (QED) is 0.326. The van der Waals surface area contributed by atoms with Gasteiger partial charge in [0, 0.05) is 23.2 Å². The summed E-state index contributed by atoms with van der Waals surface area (Å²) < 4.78 is 0. The summed E-state index contributed by atoms with van der Waals surface area (Å²) in [7, 11) is 0. The number of carbonyl (C=O) groups excluding carboxylic acids is 2. The maximum absolute atomic E-state index is 13.2. The topological polar surface area (TPSA) is 122 Å². The minimum Gasteiger partial charge on any atom is -0.384 e. The van der Waals surface area contributed by atoms with E-state index in [1.54, 1.807) is 18.2 Å². The highest BCUT2D eigenvalue weighted by Crippen LogP contribution is 2.30. The van der Waals surface area contributed by atoms with Crippen LogP contribution in [0.4, 0.5) is 0 Å². The van der Waals surface area contributed by atoms with Crippen LogP contribution in [0.2, 0.25) is 0 Å². The van der Waals surface area contributed by atoms with E-state index in [0.717, 1.165) is 29.5 Å². The highest BCUT2D eigenvalue weighted by atomic mass is 16.2. The number of amidine groups is 1. The molecule has 6 nitrogen and oxygen atoms in total. The molecule has 2 amide bonds. The summed E-state index contributed by atoms with van der Waals surface area (Å²) in [6, 6.07) is 20.4. The molecule has 0 heterocycles. The molecular formula is C26H26N4O2. The molecule has 0 bridgehead atoms. The Kier molecular flexibility index (Phi) is 6.03. The first kappa shape index (κ1) is 21.3. The summed E-state index contributed by atoms with van der Waals surface area (Å²) in [5, 5.41) is 10.6. The van der Waals surface area contributed by atoms with Crippen molar-refractivity contribution in [3.63, 3.8) is 0 Å². The van der Waals surface area contributed by atoms with E-state index in [2.05, 4.69) is 5.32 Å². The van der Waals surface area contributed by atoms with Crippen molar-refractivity contribution < 1.29 is 9.59 Å². The van der Waals surface area contributed by atoms with Crippen molar-refractivity contribution in [1.29, 1.82) is 5.41 Å². The fourth-order valence-corrected chi connectivity index (χ4v) is 3.74. The van der Waals surface area contributed by atoms with E-state index in [9.17, 15) is 9.59 Å². The maximum atomic E-state index is 13.2. The van der Waals surface area contributed by atoms with Crippen molar-refractivity contribution in [2.75, 3.05) is 6.54 Å². The molecule has 0 aliphatic heterocycles. The summed E-state index contributed by atoms with van der Waals surface area (Å²) in [4.78, 5) is 25.6. The van der Waals surface area contributed by atoms with Gasteiger partial charge in [0.05, 0.1) is 0 Å². The van der Waals surface area contributed by atoms with Crippen LogP contribution in [-0.2, 0) is 6.42 Å². The lowest BCUT2D eigenvalue weighted by atomic mass is 9.89. The van der Waals surface area contributed by atoms with Gasteiger partial charge < -0.3 is 16.8 Å². The van der Waals surface area contributed by atoms with E-state index in [1.807, 2.05) is 48.5 Å². The molecule has 3 aromatic carbocycles. The summed E-state index contributed by atoms with van der Waals surface area (Å²) in [6.07, 6.45) is 2.62. The van der Waals surface area contributed by atoms with E-state index in [1.165, 1.54) is 0 Å². The van der Waals surface area contributed by atoms with Gasteiger partial charge in [0.1, 0.15) is 5.84 Å². The molecule has 6 heteroatoms. The standard InChI is InChI=1S/C26H26N4O2/c27-24(28)19-10-8-16(9-11-19)12-21-22(25(29)31)13-20(18-4-2-1-3-5-18)14-23(21)26(32)30-15-17-6-7-17/h1-5,8-11,13-14,17H,6-7,12,15H2,(H3,27,28)(H2,29,31)(H,30,32). The van der Waals surface area contributed by atoms with Gasteiger partial charge in [0.15, 0.2) is 0 Å². The van der Waals surface area contributed by atoms with Crippen LogP contribution in [0.3, 0.4) is 0 Å².